The molecule has 0 N–H and O–H groups in total. The molecule has 10 aromatic rings. The minimum absolute atomic E-state index is 0.642. The summed E-state index contributed by atoms with van der Waals surface area (Å²) in [7, 11) is 0. The van der Waals surface area contributed by atoms with Gasteiger partial charge in [-0.1, -0.05) is 152 Å². The van der Waals surface area contributed by atoms with Crippen LogP contribution in [0.15, 0.2) is 223 Å². The van der Waals surface area contributed by atoms with Gasteiger partial charge in [-0.3, -0.25) is 0 Å². The topological polar surface area (TPSA) is 29.3 Å². The lowest BCUT2D eigenvalue weighted by molar-refractivity contribution is 0.623. The fraction of sp³-hybridized carbons (Fsp3) is 0. The van der Waals surface area contributed by atoms with Crippen LogP contribution in [0.3, 0.4) is 0 Å². The summed E-state index contributed by atoms with van der Waals surface area (Å²) in [5, 5.41) is 2.18. The fourth-order valence-corrected chi connectivity index (χ4v) is 7.59. The molecule has 264 valence electrons. The van der Waals surface area contributed by atoms with Crippen LogP contribution in [0.1, 0.15) is 0 Å². The monoisotopic (exact) mass is 716 g/mol. The Morgan fingerprint density at radius 1 is 0.321 bits per heavy atom. The fourth-order valence-electron chi connectivity index (χ4n) is 7.59. The second-order valence-electron chi connectivity index (χ2n) is 14.0. The predicted octanol–water partition coefficient (Wildman–Crippen LogP) is 14.8. The number of nitrogens with zero attached hydrogens (tertiary/aromatic N) is 2. The average Bonchev–Trinajstić information content (AvgIpc) is 3.73. The molecule has 9 aromatic carbocycles. The third kappa shape index (κ3) is 6.42. The zero-order valence-corrected chi connectivity index (χ0v) is 30.6. The van der Waals surface area contributed by atoms with Gasteiger partial charge in [0.2, 0.25) is 5.89 Å². The Bertz CT molecular complexity index is 2920. The summed E-state index contributed by atoms with van der Waals surface area (Å²) in [6, 6.07) is 77.2. The van der Waals surface area contributed by atoms with Gasteiger partial charge in [-0.2, -0.15) is 0 Å². The van der Waals surface area contributed by atoms with Crippen LogP contribution < -0.4 is 4.90 Å². The van der Waals surface area contributed by atoms with Crippen LogP contribution in [-0.4, -0.2) is 4.98 Å². The maximum Gasteiger partial charge on any atom is 0.227 e. The van der Waals surface area contributed by atoms with Crippen LogP contribution in [0.4, 0.5) is 17.1 Å². The number of anilines is 3. The summed E-state index contributed by atoms with van der Waals surface area (Å²) >= 11 is 0. The third-order valence-electron chi connectivity index (χ3n) is 10.5. The zero-order chi connectivity index (χ0) is 37.3. The molecular formula is C53H36N2O. The standard InChI is InChI=1S/C53H36N2O/c1-4-11-37(12-5-1)40-23-29-47(30-24-40)55(49-18-10-17-44(36-49)38-13-6-2-7-14-38)48-31-25-41(26-32-48)39-19-21-42(22-20-39)45-27-33-50-46(35-45)28-34-51-52(50)56-53(54-51)43-15-8-3-9-16-43/h1-36H. The summed E-state index contributed by atoms with van der Waals surface area (Å²) in [5.41, 5.74) is 15.4. The minimum atomic E-state index is 0.642. The van der Waals surface area contributed by atoms with Gasteiger partial charge in [0.1, 0.15) is 5.52 Å². The molecule has 0 saturated heterocycles. The molecule has 0 bridgehead atoms. The normalized spacial score (nSPS) is 11.2. The van der Waals surface area contributed by atoms with E-state index in [-0.39, 0.29) is 0 Å². The van der Waals surface area contributed by atoms with Crippen molar-refractivity contribution in [2.75, 3.05) is 4.90 Å². The van der Waals surface area contributed by atoms with Gasteiger partial charge in [-0.25, -0.2) is 4.98 Å². The van der Waals surface area contributed by atoms with E-state index in [1.54, 1.807) is 0 Å². The van der Waals surface area contributed by atoms with Crippen LogP contribution in [0.25, 0.3) is 77.8 Å². The molecule has 3 nitrogen and oxygen atoms in total. The van der Waals surface area contributed by atoms with Gasteiger partial charge in [-0.15, -0.1) is 0 Å². The summed E-state index contributed by atoms with van der Waals surface area (Å²) in [6.45, 7) is 0. The van der Waals surface area contributed by atoms with E-state index in [0.717, 1.165) is 55.6 Å². The van der Waals surface area contributed by atoms with Gasteiger partial charge < -0.3 is 9.32 Å². The summed E-state index contributed by atoms with van der Waals surface area (Å²) in [4.78, 5) is 7.09. The Morgan fingerprint density at radius 3 is 1.36 bits per heavy atom. The maximum absolute atomic E-state index is 6.28. The number of hydrogen-bond donors (Lipinski definition) is 0. The van der Waals surface area contributed by atoms with Crippen molar-refractivity contribution in [3.8, 4) is 56.0 Å². The average molecular weight is 717 g/mol. The van der Waals surface area contributed by atoms with Gasteiger partial charge in [0.05, 0.1) is 0 Å². The van der Waals surface area contributed by atoms with E-state index in [4.69, 9.17) is 9.40 Å². The lowest BCUT2D eigenvalue weighted by atomic mass is 9.98. The quantitative estimate of drug-likeness (QED) is 0.157. The predicted molar refractivity (Wildman–Crippen MR) is 233 cm³/mol. The zero-order valence-electron chi connectivity index (χ0n) is 30.6. The van der Waals surface area contributed by atoms with Crippen molar-refractivity contribution < 1.29 is 4.42 Å². The molecule has 0 unspecified atom stereocenters. The lowest BCUT2D eigenvalue weighted by Gasteiger charge is -2.26. The molecule has 0 aliphatic rings. The molecule has 0 atom stereocenters. The van der Waals surface area contributed by atoms with Gasteiger partial charge in [0, 0.05) is 28.0 Å². The van der Waals surface area contributed by atoms with Crippen LogP contribution in [-0.2, 0) is 0 Å². The van der Waals surface area contributed by atoms with Crippen LogP contribution in [0.5, 0.6) is 0 Å². The Labute approximate surface area is 326 Å². The second-order valence-corrected chi connectivity index (χ2v) is 14.0. The summed E-state index contributed by atoms with van der Waals surface area (Å²) < 4.78 is 6.28. The molecule has 0 fully saturated rings. The molecule has 0 aliphatic heterocycles. The number of aromatic nitrogens is 1. The molecule has 3 heteroatoms. The van der Waals surface area contributed by atoms with Crippen molar-refractivity contribution in [1.82, 2.24) is 4.98 Å². The third-order valence-corrected chi connectivity index (χ3v) is 10.5. The molecule has 10 rings (SSSR count). The molecule has 0 aliphatic carbocycles. The summed E-state index contributed by atoms with van der Waals surface area (Å²) in [5.74, 6) is 0.642. The first-order valence-corrected chi connectivity index (χ1v) is 18.9. The van der Waals surface area contributed by atoms with Gasteiger partial charge in [-0.05, 0) is 117 Å². The van der Waals surface area contributed by atoms with Gasteiger partial charge >= 0.3 is 0 Å². The number of benzene rings is 9. The van der Waals surface area contributed by atoms with Crippen molar-refractivity contribution in [1.29, 1.82) is 0 Å². The molecule has 1 aromatic heterocycles. The highest BCUT2D eigenvalue weighted by molar-refractivity contribution is 6.05. The number of rotatable bonds is 8. The van der Waals surface area contributed by atoms with Crippen LogP contribution in [0, 0.1) is 0 Å². The lowest BCUT2D eigenvalue weighted by Crippen LogP contribution is -2.10. The maximum atomic E-state index is 6.28. The molecule has 0 saturated carbocycles. The number of hydrogen-bond acceptors (Lipinski definition) is 3. The molecule has 0 radical (unpaired) electrons. The first-order chi connectivity index (χ1) is 27.7. The number of oxazole rings is 1. The van der Waals surface area contributed by atoms with Crippen molar-refractivity contribution in [2.24, 2.45) is 0 Å². The highest BCUT2D eigenvalue weighted by Crippen LogP contribution is 2.39. The molecule has 1 heterocycles. The van der Waals surface area contributed by atoms with Gasteiger partial charge in [0.25, 0.3) is 0 Å². The Hall–Kier alpha value is -7.49. The first-order valence-electron chi connectivity index (χ1n) is 18.9. The first kappa shape index (κ1) is 33.1. The minimum Gasteiger partial charge on any atom is -0.435 e. The van der Waals surface area contributed by atoms with E-state index in [1.165, 1.54) is 33.4 Å². The van der Waals surface area contributed by atoms with Gasteiger partial charge in [0.15, 0.2) is 5.58 Å². The van der Waals surface area contributed by atoms with Crippen molar-refractivity contribution in [3.05, 3.63) is 218 Å². The van der Waals surface area contributed by atoms with E-state index >= 15 is 0 Å². The molecular weight excluding hydrogens is 681 g/mol. The molecule has 56 heavy (non-hydrogen) atoms. The van der Waals surface area contributed by atoms with Crippen LogP contribution >= 0.6 is 0 Å². The van der Waals surface area contributed by atoms with E-state index in [0.29, 0.717) is 5.89 Å². The Morgan fingerprint density at radius 2 is 0.768 bits per heavy atom. The van der Waals surface area contributed by atoms with Crippen molar-refractivity contribution in [3.63, 3.8) is 0 Å². The van der Waals surface area contributed by atoms with Crippen molar-refractivity contribution >= 4 is 38.9 Å². The molecule has 0 spiro atoms. The summed E-state index contributed by atoms with van der Waals surface area (Å²) in [6.07, 6.45) is 0. The highest BCUT2D eigenvalue weighted by atomic mass is 16.3. The highest BCUT2D eigenvalue weighted by Gasteiger charge is 2.15. The second kappa shape index (κ2) is 14.4. The Balaban J connectivity index is 0.943. The smallest absolute Gasteiger partial charge is 0.227 e. The largest absolute Gasteiger partial charge is 0.435 e. The SMILES string of the molecule is c1ccc(-c2ccc(N(c3ccc(-c4ccc(-c5ccc6c(ccc7nc(-c8ccccc8)oc76)c5)cc4)cc3)c3cccc(-c4ccccc4)c3)cc2)cc1. The van der Waals surface area contributed by atoms with E-state index in [1.807, 2.05) is 36.4 Å². The molecule has 0 amide bonds. The van der Waals surface area contributed by atoms with E-state index in [9.17, 15) is 0 Å². The van der Waals surface area contributed by atoms with E-state index in [2.05, 4.69) is 187 Å². The van der Waals surface area contributed by atoms with Crippen LogP contribution in [0.2, 0.25) is 0 Å². The Kier molecular flexibility index (Phi) is 8.51. The number of fused-ring (bicyclic) bond motifs is 3. The van der Waals surface area contributed by atoms with Crippen molar-refractivity contribution in [2.45, 2.75) is 0 Å². The van der Waals surface area contributed by atoms with E-state index < -0.39 is 0 Å².